The lowest BCUT2D eigenvalue weighted by Crippen LogP contribution is -2.06. The van der Waals surface area contributed by atoms with Gasteiger partial charge in [0, 0.05) is 0 Å². The summed E-state index contributed by atoms with van der Waals surface area (Å²) in [5.74, 6) is 0. The van der Waals surface area contributed by atoms with E-state index < -0.39 is 11.7 Å². The van der Waals surface area contributed by atoms with Gasteiger partial charge in [0.05, 0.1) is 21.5 Å². The maximum absolute atomic E-state index is 12.7. The van der Waals surface area contributed by atoms with Crippen LogP contribution in [0, 0.1) is 11.3 Å². The van der Waals surface area contributed by atoms with Crippen molar-refractivity contribution in [2.24, 2.45) is 5.10 Å². The van der Waals surface area contributed by atoms with E-state index in [2.05, 4.69) is 15.5 Å². The van der Waals surface area contributed by atoms with Gasteiger partial charge in [-0.25, -0.2) is 4.98 Å². The minimum Gasteiger partial charge on any atom is -0.277 e. The van der Waals surface area contributed by atoms with Crippen LogP contribution in [-0.4, -0.2) is 10.7 Å². The van der Waals surface area contributed by atoms with Gasteiger partial charge in [-0.2, -0.15) is 23.5 Å². The molecule has 0 fully saturated rings. The van der Waals surface area contributed by atoms with E-state index in [0.29, 0.717) is 5.01 Å². The quantitative estimate of drug-likeness (QED) is 0.554. The molecule has 1 heterocycles. The van der Waals surface area contributed by atoms with Crippen LogP contribution in [0.5, 0.6) is 0 Å². The number of thiazole rings is 1. The highest BCUT2D eigenvalue weighted by molar-refractivity contribution is 7.20. The minimum absolute atomic E-state index is 0.00797. The highest BCUT2D eigenvalue weighted by Gasteiger charge is 2.30. The van der Waals surface area contributed by atoms with Gasteiger partial charge >= 0.3 is 6.18 Å². The van der Waals surface area contributed by atoms with Crippen molar-refractivity contribution >= 4 is 33.0 Å². The van der Waals surface area contributed by atoms with Gasteiger partial charge in [-0.05, 0) is 30.3 Å². The van der Waals surface area contributed by atoms with Crippen LogP contribution in [0.2, 0.25) is 0 Å². The van der Waals surface area contributed by atoms with E-state index in [1.165, 1.54) is 23.5 Å². The number of hydrogen-bond acceptors (Lipinski definition) is 5. The summed E-state index contributed by atoms with van der Waals surface area (Å²) in [6, 6.07) is 13.9. The molecule has 120 valence electrons. The van der Waals surface area contributed by atoms with Crippen LogP contribution in [0.3, 0.4) is 0 Å². The predicted molar refractivity (Wildman–Crippen MR) is 86.8 cm³/mol. The molecule has 3 aromatic rings. The Morgan fingerprint density at radius 1 is 1.17 bits per heavy atom. The van der Waals surface area contributed by atoms with Crippen molar-refractivity contribution in [2.75, 3.05) is 5.43 Å². The predicted octanol–water partition coefficient (Wildman–Crippen LogP) is 4.65. The average Bonchev–Trinajstić information content (AvgIpc) is 2.99. The molecular formula is C16H9F3N4S. The van der Waals surface area contributed by atoms with Crippen LogP contribution in [0.1, 0.15) is 10.6 Å². The number of rotatable bonds is 3. The standard InChI is InChI=1S/C16H9F3N4S/c17-16(18,19)10-4-3-5-11(8-10)22-23-13(9-20)15-21-12-6-1-2-7-14(12)24-15/h1-8,22H. The van der Waals surface area contributed by atoms with Crippen molar-refractivity contribution in [3.8, 4) is 6.07 Å². The number of alkyl halides is 3. The Balaban J connectivity index is 1.88. The summed E-state index contributed by atoms with van der Waals surface area (Å²) in [6.07, 6.45) is -4.44. The molecule has 0 unspecified atom stereocenters. The maximum Gasteiger partial charge on any atom is 0.416 e. The first-order chi connectivity index (χ1) is 11.5. The summed E-state index contributed by atoms with van der Waals surface area (Å²) >= 11 is 1.29. The average molecular weight is 346 g/mol. The zero-order valence-corrected chi connectivity index (χ0v) is 12.8. The molecule has 3 rings (SSSR count). The van der Waals surface area contributed by atoms with Gasteiger partial charge in [0.1, 0.15) is 6.07 Å². The Morgan fingerprint density at radius 2 is 1.96 bits per heavy atom. The molecule has 1 N–H and O–H groups in total. The Kier molecular flexibility index (Phi) is 4.18. The van der Waals surface area contributed by atoms with Crippen molar-refractivity contribution in [3.63, 3.8) is 0 Å². The van der Waals surface area contributed by atoms with Gasteiger partial charge in [0.2, 0.25) is 0 Å². The van der Waals surface area contributed by atoms with Crippen molar-refractivity contribution in [3.05, 3.63) is 59.1 Å². The number of para-hydroxylation sites is 1. The summed E-state index contributed by atoms with van der Waals surface area (Å²) in [6.45, 7) is 0. The molecule has 1 aromatic heterocycles. The topological polar surface area (TPSA) is 61.1 Å². The molecular weight excluding hydrogens is 337 g/mol. The minimum atomic E-state index is -4.44. The number of hydrazone groups is 1. The van der Waals surface area contributed by atoms with Crippen molar-refractivity contribution in [2.45, 2.75) is 6.18 Å². The monoisotopic (exact) mass is 346 g/mol. The maximum atomic E-state index is 12.7. The first-order valence-electron chi connectivity index (χ1n) is 6.74. The fourth-order valence-electron chi connectivity index (χ4n) is 1.98. The fraction of sp³-hybridized carbons (Fsp3) is 0.0625. The third kappa shape index (κ3) is 3.36. The molecule has 0 amide bonds. The largest absolute Gasteiger partial charge is 0.416 e. The number of benzene rings is 2. The molecule has 0 aliphatic rings. The van der Waals surface area contributed by atoms with Crippen LogP contribution in [0.25, 0.3) is 10.2 Å². The molecule has 8 heteroatoms. The molecule has 0 atom stereocenters. The Hall–Kier alpha value is -2.92. The number of nitrogens with zero attached hydrogens (tertiary/aromatic N) is 3. The van der Waals surface area contributed by atoms with Crippen molar-refractivity contribution < 1.29 is 13.2 Å². The number of halogens is 3. The van der Waals surface area contributed by atoms with Gasteiger partial charge < -0.3 is 0 Å². The highest BCUT2D eigenvalue weighted by atomic mass is 32.1. The van der Waals surface area contributed by atoms with Gasteiger partial charge in [-0.15, -0.1) is 11.3 Å². The summed E-state index contributed by atoms with van der Waals surface area (Å²) in [7, 11) is 0. The first kappa shape index (κ1) is 16.0. The normalized spacial score (nSPS) is 12.2. The smallest absolute Gasteiger partial charge is 0.277 e. The molecule has 0 aliphatic carbocycles. The van der Waals surface area contributed by atoms with Crippen LogP contribution < -0.4 is 5.43 Å². The third-order valence-electron chi connectivity index (χ3n) is 3.09. The number of nitriles is 1. The molecule has 4 nitrogen and oxygen atoms in total. The number of nitrogens with one attached hydrogen (secondary N) is 1. The molecule has 0 saturated heterocycles. The van der Waals surface area contributed by atoms with E-state index in [1.807, 2.05) is 30.3 Å². The van der Waals surface area contributed by atoms with Gasteiger partial charge in [-0.3, -0.25) is 5.43 Å². The van der Waals surface area contributed by atoms with Crippen LogP contribution in [0.4, 0.5) is 18.9 Å². The lowest BCUT2D eigenvalue weighted by molar-refractivity contribution is -0.137. The van der Waals surface area contributed by atoms with Gasteiger partial charge in [0.25, 0.3) is 0 Å². The van der Waals surface area contributed by atoms with E-state index in [1.54, 1.807) is 0 Å². The van der Waals surface area contributed by atoms with E-state index in [9.17, 15) is 18.4 Å². The number of fused-ring (bicyclic) bond motifs is 1. The zero-order valence-electron chi connectivity index (χ0n) is 12.0. The molecule has 0 bridgehead atoms. The Bertz CT molecular complexity index is 921. The van der Waals surface area contributed by atoms with Crippen LogP contribution in [0.15, 0.2) is 53.6 Å². The first-order valence-corrected chi connectivity index (χ1v) is 7.56. The number of aromatic nitrogens is 1. The third-order valence-corrected chi connectivity index (χ3v) is 4.13. The molecule has 24 heavy (non-hydrogen) atoms. The van der Waals surface area contributed by atoms with Crippen molar-refractivity contribution in [1.29, 1.82) is 5.26 Å². The summed E-state index contributed by atoms with van der Waals surface area (Å²) in [5.41, 5.74) is 2.57. The number of hydrogen-bond donors (Lipinski definition) is 1. The van der Waals surface area contributed by atoms with E-state index in [0.717, 1.165) is 22.3 Å². The summed E-state index contributed by atoms with van der Waals surface area (Å²) < 4.78 is 39.0. The Labute approximate surface area is 138 Å². The van der Waals surface area contributed by atoms with Crippen LogP contribution >= 0.6 is 11.3 Å². The van der Waals surface area contributed by atoms with E-state index in [4.69, 9.17) is 0 Å². The fourth-order valence-corrected chi connectivity index (χ4v) is 2.88. The molecule has 0 radical (unpaired) electrons. The second kappa shape index (κ2) is 6.29. The van der Waals surface area contributed by atoms with Crippen molar-refractivity contribution in [1.82, 2.24) is 4.98 Å². The van der Waals surface area contributed by atoms with Crippen LogP contribution in [-0.2, 0) is 6.18 Å². The highest BCUT2D eigenvalue weighted by Crippen LogP contribution is 2.30. The lowest BCUT2D eigenvalue weighted by atomic mass is 10.2. The van der Waals surface area contributed by atoms with E-state index in [-0.39, 0.29) is 11.4 Å². The summed E-state index contributed by atoms with van der Waals surface area (Å²) in [5, 5.41) is 13.5. The van der Waals surface area contributed by atoms with E-state index >= 15 is 0 Å². The second-order valence-electron chi connectivity index (χ2n) is 4.75. The molecule has 0 spiro atoms. The van der Waals surface area contributed by atoms with Gasteiger partial charge in [-0.1, -0.05) is 18.2 Å². The molecule has 2 aromatic carbocycles. The number of anilines is 1. The molecule has 0 aliphatic heterocycles. The van der Waals surface area contributed by atoms with Gasteiger partial charge in [0.15, 0.2) is 10.7 Å². The Morgan fingerprint density at radius 3 is 2.67 bits per heavy atom. The zero-order chi connectivity index (χ0) is 17.2. The lowest BCUT2D eigenvalue weighted by Gasteiger charge is -2.08. The molecule has 0 saturated carbocycles. The second-order valence-corrected chi connectivity index (χ2v) is 5.78. The summed E-state index contributed by atoms with van der Waals surface area (Å²) in [4.78, 5) is 4.30. The SMILES string of the molecule is N#CC(=NNc1cccc(C(F)(F)F)c1)c1nc2ccccc2s1.